The van der Waals surface area contributed by atoms with Gasteiger partial charge >= 0.3 is 19.2 Å². The summed E-state index contributed by atoms with van der Waals surface area (Å²) in [7, 11) is -4.37. The fourth-order valence-electron chi connectivity index (χ4n) is 3.65. The lowest BCUT2D eigenvalue weighted by molar-refractivity contribution is 0.0564. The molecule has 8 nitrogen and oxygen atoms in total. The molecule has 0 aliphatic heterocycles. The Bertz CT molecular complexity index is 1370. The van der Waals surface area contributed by atoms with Gasteiger partial charge in [-0.05, 0) is 41.8 Å². The van der Waals surface area contributed by atoms with E-state index in [0.717, 1.165) is 23.2 Å². The van der Waals surface area contributed by atoms with Crippen LogP contribution in [0.3, 0.4) is 0 Å². The highest BCUT2D eigenvalue weighted by molar-refractivity contribution is 7.52. The van der Waals surface area contributed by atoms with Gasteiger partial charge in [-0.2, -0.15) is 8.78 Å². The van der Waals surface area contributed by atoms with E-state index in [2.05, 4.69) is 10.3 Å². The minimum absolute atomic E-state index is 0.312. The number of carbonyl (C=O) groups excluding carboxylic acids is 1. The average molecular weight is 487 g/mol. The minimum atomic E-state index is -5.66. The second-order valence-corrected chi connectivity index (χ2v) is 9.29. The van der Waals surface area contributed by atoms with E-state index >= 15 is 0 Å². The topological polar surface area (TPSA) is 115 Å². The van der Waals surface area contributed by atoms with Crippen molar-refractivity contribution in [3.05, 3.63) is 95.1 Å². The van der Waals surface area contributed by atoms with Gasteiger partial charge in [-0.25, -0.2) is 9.48 Å². The highest BCUT2D eigenvalue weighted by Gasteiger charge is 2.50. The van der Waals surface area contributed by atoms with Gasteiger partial charge in [0.25, 0.3) is 0 Å². The molecular weight excluding hydrogens is 467 g/mol. The Labute approximate surface area is 193 Å². The van der Waals surface area contributed by atoms with Crippen molar-refractivity contribution in [2.45, 2.75) is 18.1 Å². The average Bonchev–Trinajstić information content (AvgIpc) is 3.26. The molecule has 0 aliphatic carbocycles. The molecule has 4 aromatic rings. The molecule has 176 valence electrons. The van der Waals surface area contributed by atoms with Gasteiger partial charge < -0.3 is 14.5 Å². The van der Waals surface area contributed by atoms with Crippen LogP contribution < -0.4 is 0 Å². The first kappa shape index (κ1) is 23.7. The van der Waals surface area contributed by atoms with Crippen molar-refractivity contribution in [2.75, 3.05) is 7.11 Å². The summed E-state index contributed by atoms with van der Waals surface area (Å²) in [4.78, 5) is 29.8. The number of halogens is 2. The number of ether oxygens (including phenoxy) is 1. The van der Waals surface area contributed by atoms with Gasteiger partial charge in [-0.3, -0.25) is 4.57 Å². The van der Waals surface area contributed by atoms with Crippen molar-refractivity contribution < 1.29 is 32.7 Å². The summed E-state index contributed by atoms with van der Waals surface area (Å²) in [5, 5.41) is 8.48. The van der Waals surface area contributed by atoms with Crippen LogP contribution in [0.2, 0.25) is 0 Å². The van der Waals surface area contributed by atoms with E-state index < -0.39 is 30.8 Å². The van der Waals surface area contributed by atoms with Crippen LogP contribution in [0, 0.1) is 0 Å². The standard InChI is InChI=1S/C23H20F2N3O5P/c1-33-22(29)17-10-8-16(9-11-17)21(28-20-5-3-2-4-19(20)26-27-28)14-15-6-12-18(13-7-15)23(24,25)34(30,31)32/h2-13,21H,14H2,1H3,(H2,30,31,32). The van der Waals surface area contributed by atoms with E-state index in [1.54, 1.807) is 28.9 Å². The number of para-hydroxylation sites is 1. The van der Waals surface area contributed by atoms with E-state index in [1.807, 2.05) is 24.3 Å². The Balaban J connectivity index is 1.72. The Morgan fingerprint density at radius 2 is 1.71 bits per heavy atom. The first-order chi connectivity index (χ1) is 16.1. The van der Waals surface area contributed by atoms with Crippen molar-refractivity contribution in [3.63, 3.8) is 0 Å². The first-order valence-corrected chi connectivity index (χ1v) is 11.7. The normalized spacial score (nSPS) is 13.1. The molecule has 34 heavy (non-hydrogen) atoms. The second kappa shape index (κ2) is 9.06. The molecule has 1 aromatic heterocycles. The molecule has 11 heteroatoms. The SMILES string of the molecule is COC(=O)c1ccc(C(Cc2ccc(C(F)(F)P(=O)(O)O)cc2)n2nnc3ccccc32)cc1. The number of methoxy groups -OCH3 is 1. The summed E-state index contributed by atoms with van der Waals surface area (Å²) in [6.45, 7) is 0. The van der Waals surface area contributed by atoms with Crippen molar-refractivity contribution >= 4 is 24.6 Å². The first-order valence-electron chi connectivity index (χ1n) is 10.1. The lowest BCUT2D eigenvalue weighted by Crippen LogP contribution is -2.16. The maximum absolute atomic E-state index is 14.0. The van der Waals surface area contributed by atoms with Gasteiger partial charge in [0.05, 0.1) is 24.2 Å². The van der Waals surface area contributed by atoms with E-state index in [4.69, 9.17) is 14.5 Å². The Hall–Kier alpha value is -3.46. The number of hydrogen-bond donors (Lipinski definition) is 2. The van der Waals surface area contributed by atoms with Gasteiger partial charge in [0.2, 0.25) is 0 Å². The van der Waals surface area contributed by atoms with E-state index in [0.29, 0.717) is 23.1 Å². The fraction of sp³-hybridized carbons (Fsp3) is 0.174. The molecule has 1 unspecified atom stereocenters. The number of benzene rings is 3. The molecule has 1 atom stereocenters. The predicted octanol–water partition coefficient (Wildman–Crippen LogP) is 4.28. The van der Waals surface area contributed by atoms with Crippen LogP contribution in [0.5, 0.6) is 0 Å². The maximum atomic E-state index is 14.0. The molecule has 0 amide bonds. The monoisotopic (exact) mass is 487 g/mol. The third-order valence-corrected chi connectivity index (χ3v) is 6.48. The van der Waals surface area contributed by atoms with Crippen LogP contribution in [0.15, 0.2) is 72.8 Å². The number of alkyl halides is 2. The van der Waals surface area contributed by atoms with Crippen molar-refractivity contribution in [2.24, 2.45) is 0 Å². The van der Waals surface area contributed by atoms with Crippen LogP contribution in [0.4, 0.5) is 8.78 Å². The van der Waals surface area contributed by atoms with Crippen molar-refractivity contribution in [3.8, 4) is 0 Å². The molecule has 3 aromatic carbocycles. The number of fused-ring (bicyclic) bond motifs is 1. The highest BCUT2D eigenvalue weighted by Crippen LogP contribution is 2.59. The Morgan fingerprint density at radius 3 is 2.32 bits per heavy atom. The largest absolute Gasteiger partial charge is 0.465 e. The molecule has 0 saturated carbocycles. The molecule has 0 bridgehead atoms. The second-order valence-electron chi connectivity index (χ2n) is 7.64. The summed E-state index contributed by atoms with van der Waals surface area (Å²) in [6.07, 6.45) is 0.312. The van der Waals surface area contributed by atoms with Gasteiger partial charge in [-0.1, -0.05) is 53.7 Å². The molecule has 4 rings (SSSR count). The Kier molecular flexibility index (Phi) is 6.31. The zero-order valence-corrected chi connectivity index (χ0v) is 18.8. The number of rotatable bonds is 7. The van der Waals surface area contributed by atoms with Crippen molar-refractivity contribution in [1.29, 1.82) is 0 Å². The lowest BCUT2D eigenvalue weighted by Gasteiger charge is -2.20. The van der Waals surface area contributed by atoms with Gasteiger partial charge in [0, 0.05) is 5.56 Å². The predicted molar refractivity (Wildman–Crippen MR) is 120 cm³/mol. The smallest absolute Gasteiger partial charge is 0.399 e. The summed E-state index contributed by atoms with van der Waals surface area (Å²) in [5.74, 6) is -0.476. The molecule has 0 aliphatic rings. The van der Waals surface area contributed by atoms with E-state index in [9.17, 15) is 18.1 Å². The van der Waals surface area contributed by atoms with E-state index in [1.165, 1.54) is 19.2 Å². The zero-order valence-electron chi connectivity index (χ0n) is 17.9. The van der Waals surface area contributed by atoms with Crippen LogP contribution >= 0.6 is 7.60 Å². The molecule has 0 radical (unpaired) electrons. The molecule has 0 saturated heterocycles. The zero-order chi connectivity index (χ0) is 24.5. The van der Waals surface area contributed by atoms with Gasteiger partial charge in [-0.15, -0.1) is 5.10 Å². The number of esters is 1. The number of aromatic nitrogens is 3. The third-order valence-electron chi connectivity index (χ3n) is 5.49. The molecule has 1 heterocycles. The lowest BCUT2D eigenvalue weighted by atomic mass is 9.97. The van der Waals surface area contributed by atoms with Crippen LogP contribution in [0.25, 0.3) is 11.0 Å². The number of carbonyl (C=O) groups is 1. The molecular formula is C23H20F2N3O5P. The molecule has 2 N–H and O–H groups in total. The third kappa shape index (κ3) is 4.48. The Morgan fingerprint density at radius 1 is 1.06 bits per heavy atom. The summed E-state index contributed by atoms with van der Waals surface area (Å²) in [6, 6.07) is 18.5. The highest BCUT2D eigenvalue weighted by atomic mass is 31.2. The summed E-state index contributed by atoms with van der Waals surface area (Å²) < 4.78 is 45.7. The van der Waals surface area contributed by atoms with Crippen LogP contribution in [-0.2, 0) is 21.4 Å². The quantitative estimate of drug-likeness (QED) is 0.295. The van der Waals surface area contributed by atoms with Gasteiger partial charge in [0.1, 0.15) is 5.52 Å². The van der Waals surface area contributed by atoms with Crippen molar-refractivity contribution in [1.82, 2.24) is 15.0 Å². The minimum Gasteiger partial charge on any atom is -0.465 e. The molecule has 0 fully saturated rings. The summed E-state index contributed by atoms with van der Waals surface area (Å²) in [5.41, 5.74) is -1.83. The fourth-order valence-corrected chi connectivity index (χ4v) is 4.14. The molecule has 0 spiro atoms. The van der Waals surface area contributed by atoms with E-state index in [-0.39, 0.29) is 0 Å². The number of nitrogens with zero attached hydrogens (tertiary/aromatic N) is 3. The maximum Gasteiger partial charge on any atom is 0.399 e. The van der Waals surface area contributed by atoms with Crippen LogP contribution in [-0.4, -0.2) is 37.9 Å². The summed E-state index contributed by atoms with van der Waals surface area (Å²) >= 11 is 0. The van der Waals surface area contributed by atoms with Gasteiger partial charge in [0.15, 0.2) is 0 Å². The number of hydrogen-bond acceptors (Lipinski definition) is 5. The van der Waals surface area contributed by atoms with Crippen LogP contribution in [0.1, 0.15) is 33.1 Å².